The minimum Gasteiger partial charge on any atom is -0.496 e. The van der Waals surface area contributed by atoms with Crippen LogP contribution in [0.25, 0.3) is 0 Å². The summed E-state index contributed by atoms with van der Waals surface area (Å²) in [5, 5.41) is 29.7. The average Bonchev–Trinajstić information content (AvgIpc) is 3.70. The molecule has 2 aromatic rings. The topological polar surface area (TPSA) is 125 Å². The van der Waals surface area contributed by atoms with Crippen LogP contribution in [0.4, 0.5) is 0 Å². The van der Waals surface area contributed by atoms with Gasteiger partial charge in [-0.3, -0.25) is 0 Å². The Bertz CT molecular complexity index is 1080. The quantitative estimate of drug-likeness (QED) is 0.281. The second kappa shape index (κ2) is 14.7. The highest BCUT2D eigenvalue weighted by Gasteiger charge is 2.35. The number of methoxy groups -OCH3 is 1. The smallest absolute Gasteiger partial charge is 0.328 e. The fourth-order valence-corrected chi connectivity index (χ4v) is 4.08. The molecule has 38 heavy (non-hydrogen) atoms. The number of rotatable bonds is 13. The van der Waals surface area contributed by atoms with E-state index in [2.05, 4.69) is 57.3 Å². The van der Waals surface area contributed by atoms with Crippen LogP contribution in [0.2, 0.25) is 0 Å². The molecule has 0 unspecified atom stereocenters. The van der Waals surface area contributed by atoms with Gasteiger partial charge < -0.3 is 30.1 Å². The number of hydrogen-bond acceptors (Lipinski definition) is 6. The summed E-state index contributed by atoms with van der Waals surface area (Å²) in [6, 6.07) is 14.7. The Morgan fingerprint density at radius 2 is 1.68 bits per heavy atom. The number of aryl methyl sites for hydroxylation is 2. The monoisotopic (exact) mass is 527 g/mol. The van der Waals surface area contributed by atoms with Crippen LogP contribution in [0.1, 0.15) is 55.0 Å². The summed E-state index contributed by atoms with van der Waals surface area (Å²) in [5.74, 6) is -1.14. The molecule has 2 aromatic carbocycles. The van der Waals surface area contributed by atoms with E-state index in [1.165, 1.54) is 29.5 Å². The number of nitrogens with one attached hydrogen (secondary N) is 1. The summed E-state index contributed by atoms with van der Waals surface area (Å²) in [6.45, 7) is 9.46. The van der Waals surface area contributed by atoms with Crippen molar-refractivity contribution in [3.63, 3.8) is 0 Å². The third-order valence-electron chi connectivity index (χ3n) is 6.37. The molecule has 3 rings (SSSR count). The maximum absolute atomic E-state index is 10.6. The normalized spacial score (nSPS) is 14.9. The molecule has 0 radical (unpaired) electrons. The molecule has 1 saturated carbocycles. The number of aliphatic hydroxyl groups excluding tert-OH is 1. The van der Waals surface area contributed by atoms with Crippen LogP contribution in [0.15, 0.2) is 54.6 Å². The van der Waals surface area contributed by atoms with Gasteiger partial charge in [-0.15, -0.1) is 0 Å². The third kappa shape index (κ3) is 11.0. The number of β-amino-alcohol motifs (C(OH)–C–C–N with tert-alkyl or cyclic N) is 1. The van der Waals surface area contributed by atoms with E-state index < -0.39 is 18.0 Å². The molecule has 8 nitrogen and oxygen atoms in total. The average molecular weight is 528 g/mol. The van der Waals surface area contributed by atoms with E-state index in [1.54, 1.807) is 7.11 Å². The molecule has 0 bridgehead atoms. The third-order valence-corrected chi connectivity index (χ3v) is 6.37. The molecule has 0 saturated heterocycles. The molecule has 1 fully saturated rings. The maximum Gasteiger partial charge on any atom is 0.328 e. The van der Waals surface area contributed by atoms with E-state index in [0.29, 0.717) is 31.2 Å². The number of aliphatic carboxylic acids is 2. The first-order valence-corrected chi connectivity index (χ1v) is 12.8. The number of benzene rings is 2. The lowest BCUT2D eigenvalue weighted by atomic mass is 9.93. The van der Waals surface area contributed by atoms with E-state index >= 15 is 0 Å². The number of ether oxygens (including phenoxy) is 2. The molecule has 2 atom stereocenters. The van der Waals surface area contributed by atoms with Gasteiger partial charge in [-0.2, -0.15) is 0 Å². The van der Waals surface area contributed by atoms with Crippen LogP contribution >= 0.6 is 0 Å². The minimum atomic E-state index is -1.26. The van der Waals surface area contributed by atoms with Crippen LogP contribution in [0.5, 0.6) is 5.75 Å². The summed E-state index contributed by atoms with van der Waals surface area (Å²) in [7, 11) is 1.69. The Labute approximate surface area is 225 Å². The molecule has 0 aliphatic heterocycles. The van der Waals surface area contributed by atoms with Crippen molar-refractivity contribution in [1.29, 1.82) is 0 Å². The molecule has 4 N–H and O–H groups in total. The van der Waals surface area contributed by atoms with Crippen molar-refractivity contribution in [2.75, 3.05) is 20.3 Å². The SMILES string of the molecule is COc1ccccc1[C@H](OC[C@H](O)CNC(C)(C)Cc1ccc(C)c(C)c1)C1CC1.O=C(O)/C=C/C(=O)O. The summed E-state index contributed by atoms with van der Waals surface area (Å²) in [5.41, 5.74) is 4.92. The molecule has 0 aromatic heterocycles. The minimum absolute atomic E-state index is 0.0145. The van der Waals surface area contributed by atoms with E-state index in [4.69, 9.17) is 19.7 Å². The Kier molecular flexibility index (Phi) is 12.0. The second-order valence-electron chi connectivity index (χ2n) is 10.4. The predicted molar refractivity (Wildman–Crippen MR) is 147 cm³/mol. The lowest BCUT2D eigenvalue weighted by Crippen LogP contribution is -2.46. The number of carboxylic acid groups (broad SMARTS) is 2. The van der Waals surface area contributed by atoms with Crippen molar-refractivity contribution < 1.29 is 34.4 Å². The zero-order valence-corrected chi connectivity index (χ0v) is 22.9. The standard InChI is InChI=1S/C26H37NO3.C4H4O4/c1-18-10-11-20(14-19(18)2)15-26(3,4)27-16-22(28)17-30-25(21-12-13-21)23-8-6-7-9-24(23)29-5;5-3(6)1-2-4(7)8/h6-11,14,21-22,25,27-28H,12-13,15-17H2,1-5H3;1-2H,(H,5,6)(H,7,8)/b;2-1+/t22-,25-;/m1./s1. The van der Waals surface area contributed by atoms with Gasteiger partial charge in [0.1, 0.15) is 5.75 Å². The molecule has 8 heteroatoms. The number of hydrogen-bond donors (Lipinski definition) is 4. The van der Waals surface area contributed by atoms with Crippen LogP contribution in [0, 0.1) is 19.8 Å². The van der Waals surface area contributed by atoms with Gasteiger partial charge in [0.25, 0.3) is 0 Å². The Morgan fingerprint density at radius 1 is 1.05 bits per heavy atom. The summed E-state index contributed by atoms with van der Waals surface area (Å²) < 4.78 is 11.7. The summed E-state index contributed by atoms with van der Waals surface area (Å²) in [4.78, 5) is 19.1. The van der Waals surface area contributed by atoms with E-state index in [0.717, 1.165) is 17.7 Å². The van der Waals surface area contributed by atoms with Crippen molar-refractivity contribution >= 4 is 11.9 Å². The fourth-order valence-electron chi connectivity index (χ4n) is 4.08. The highest BCUT2D eigenvalue weighted by atomic mass is 16.5. The molecule has 0 spiro atoms. The van der Waals surface area contributed by atoms with Gasteiger partial charge in [-0.25, -0.2) is 9.59 Å². The number of carbonyl (C=O) groups is 2. The first-order valence-electron chi connectivity index (χ1n) is 12.8. The summed E-state index contributed by atoms with van der Waals surface area (Å²) in [6.07, 6.45) is 3.79. The van der Waals surface area contributed by atoms with Crippen LogP contribution < -0.4 is 10.1 Å². The van der Waals surface area contributed by atoms with Gasteiger partial charge in [-0.1, -0.05) is 36.4 Å². The molecule has 0 amide bonds. The van der Waals surface area contributed by atoms with Crippen LogP contribution in [0.3, 0.4) is 0 Å². The van der Waals surface area contributed by atoms with Gasteiger partial charge in [-0.05, 0) is 75.6 Å². The largest absolute Gasteiger partial charge is 0.496 e. The van der Waals surface area contributed by atoms with Crippen molar-refractivity contribution in [2.45, 2.75) is 64.7 Å². The van der Waals surface area contributed by atoms with Gasteiger partial charge in [0.2, 0.25) is 0 Å². The Hall–Kier alpha value is -3.20. The molecule has 1 aliphatic rings. The fraction of sp³-hybridized carbons (Fsp3) is 0.467. The predicted octanol–water partition coefficient (Wildman–Crippen LogP) is 4.46. The number of carboxylic acids is 2. The lowest BCUT2D eigenvalue weighted by molar-refractivity contribution is -0.134. The summed E-state index contributed by atoms with van der Waals surface area (Å²) >= 11 is 0. The Morgan fingerprint density at radius 3 is 2.24 bits per heavy atom. The van der Waals surface area contributed by atoms with Crippen molar-refractivity contribution in [1.82, 2.24) is 5.32 Å². The zero-order chi connectivity index (χ0) is 28.3. The maximum atomic E-state index is 10.6. The van der Waals surface area contributed by atoms with E-state index in [-0.39, 0.29) is 11.6 Å². The van der Waals surface area contributed by atoms with Gasteiger partial charge in [0.15, 0.2) is 0 Å². The van der Waals surface area contributed by atoms with Crippen molar-refractivity contribution in [2.24, 2.45) is 5.92 Å². The van der Waals surface area contributed by atoms with Crippen LogP contribution in [-0.2, 0) is 20.7 Å². The molecular weight excluding hydrogens is 486 g/mol. The molecule has 0 heterocycles. The van der Waals surface area contributed by atoms with Crippen LogP contribution in [-0.4, -0.2) is 59.2 Å². The van der Waals surface area contributed by atoms with Gasteiger partial charge in [0, 0.05) is 29.8 Å². The first-order chi connectivity index (χ1) is 17.9. The van der Waals surface area contributed by atoms with E-state index in [1.807, 2.05) is 18.2 Å². The highest BCUT2D eigenvalue weighted by Crippen LogP contribution is 2.45. The Balaban J connectivity index is 0.000000550. The number of para-hydroxylation sites is 1. The van der Waals surface area contributed by atoms with Gasteiger partial charge >= 0.3 is 11.9 Å². The molecule has 208 valence electrons. The van der Waals surface area contributed by atoms with Crippen molar-refractivity contribution in [3.05, 3.63) is 76.9 Å². The molecular formula is C30H41NO7. The zero-order valence-electron chi connectivity index (χ0n) is 22.9. The van der Waals surface area contributed by atoms with E-state index in [9.17, 15) is 14.7 Å². The van der Waals surface area contributed by atoms with Crippen molar-refractivity contribution in [3.8, 4) is 5.75 Å². The highest BCUT2D eigenvalue weighted by molar-refractivity contribution is 5.89. The van der Waals surface area contributed by atoms with Gasteiger partial charge in [0.05, 0.1) is 25.9 Å². The second-order valence-corrected chi connectivity index (χ2v) is 10.4. The number of aliphatic hydroxyl groups is 1. The first kappa shape index (κ1) is 31.0. The lowest BCUT2D eigenvalue weighted by Gasteiger charge is -2.29. The molecule has 1 aliphatic carbocycles.